The number of aliphatic carboxylic acids is 1. The molecule has 1 aliphatic carbocycles. The highest BCUT2D eigenvalue weighted by atomic mass is 19.4. The first-order chi connectivity index (χ1) is 11.2. The van der Waals surface area contributed by atoms with Gasteiger partial charge in [-0.25, -0.2) is 4.98 Å². The molecule has 0 bridgehead atoms. The fourth-order valence-corrected chi connectivity index (χ4v) is 2.42. The second-order valence-electron chi connectivity index (χ2n) is 5.70. The molecule has 0 aromatic carbocycles. The first-order valence-corrected chi connectivity index (χ1v) is 7.39. The van der Waals surface area contributed by atoms with E-state index in [2.05, 4.69) is 10.3 Å². The number of aromatic nitrogens is 1. The van der Waals surface area contributed by atoms with Gasteiger partial charge in [0.15, 0.2) is 0 Å². The van der Waals surface area contributed by atoms with Crippen molar-refractivity contribution in [1.82, 2.24) is 10.3 Å². The van der Waals surface area contributed by atoms with Crippen molar-refractivity contribution in [1.29, 1.82) is 0 Å². The van der Waals surface area contributed by atoms with Crippen LogP contribution in [0.4, 0.5) is 13.2 Å². The summed E-state index contributed by atoms with van der Waals surface area (Å²) in [4.78, 5) is 26.4. The molecule has 6 nitrogen and oxygen atoms in total. The topological polar surface area (TPSA) is 88.5 Å². The van der Waals surface area contributed by atoms with E-state index < -0.39 is 23.1 Å². The normalized spacial score (nSPS) is 16.1. The van der Waals surface area contributed by atoms with Gasteiger partial charge in [-0.3, -0.25) is 9.59 Å². The summed E-state index contributed by atoms with van der Waals surface area (Å²) in [7, 11) is 0. The number of carbonyl (C=O) groups excluding carboxylic acids is 1. The molecule has 0 unspecified atom stereocenters. The van der Waals surface area contributed by atoms with Gasteiger partial charge in [0, 0.05) is 18.7 Å². The predicted octanol–water partition coefficient (Wildman–Crippen LogP) is 2.24. The van der Waals surface area contributed by atoms with Crippen molar-refractivity contribution in [3.8, 4) is 5.88 Å². The Hall–Kier alpha value is -2.32. The largest absolute Gasteiger partial charge is 0.481 e. The maximum absolute atomic E-state index is 12.4. The summed E-state index contributed by atoms with van der Waals surface area (Å²) < 4.78 is 42.2. The van der Waals surface area contributed by atoms with Crippen LogP contribution < -0.4 is 10.1 Å². The molecule has 0 aliphatic heterocycles. The maximum Gasteiger partial charge on any atom is 0.417 e. The number of amides is 1. The Morgan fingerprint density at radius 1 is 1.33 bits per heavy atom. The van der Waals surface area contributed by atoms with Crippen LogP contribution in [0, 0.1) is 5.41 Å². The number of ether oxygens (including phenoxy) is 1. The van der Waals surface area contributed by atoms with Gasteiger partial charge in [-0.05, 0) is 18.9 Å². The SMILES string of the molecule is O=C(CC1(C(=O)O)CCC1)NCCOc1ccc(C(F)(F)F)cn1. The van der Waals surface area contributed by atoms with Gasteiger partial charge in [-0.2, -0.15) is 13.2 Å². The molecule has 1 aliphatic rings. The zero-order chi connectivity index (χ0) is 17.8. The number of pyridine rings is 1. The van der Waals surface area contributed by atoms with Gasteiger partial charge in [0.25, 0.3) is 0 Å². The van der Waals surface area contributed by atoms with E-state index in [0.717, 1.165) is 18.6 Å². The average Bonchev–Trinajstić information content (AvgIpc) is 2.46. The standard InChI is InChI=1S/C15H17F3N2O4/c16-15(17,18)10-2-3-12(20-9-10)24-7-6-19-11(21)8-14(13(22)23)4-1-5-14/h2-3,9H,1,4-8H2,(H,19,21)(H,22,23). The van der Waals surface area contributed by atoms with Gasteiger partial charge >= 0.3 is 12.1 Å². The van der Waals surface area contributed by atoms with Crippen LogP contribution in [0.25, 0.3) is 0 Å². The number of alkyl halides is 3. The number of hydrogen-bond donors (Lipinski definition) is 2. The quantitative estimate of drug-likeness (QED) is 0.739. The number of hydrogen-bond acceptors (Lipinski definition) is 4. The van der Waals surface area contributed by atoms with Gasteiger partial charge in [-0.1, -0.05) is 6.42 Å². The summed E-state index contributed by atoms with van der Waals surface area (Å²) >= 11 is 0. The van der Waals surface area contributed by atoms with Crippen LogP contribution in [0.1, 0.15) is 31.2 Å². The lowest BCUT2D eigenvalue weighted by molar-refractivity contribution is -0.157. The fraction of sp³-hybridized carbons (Fsp3) is 0.533. The lowest BCUT2D eigenvalue weighted by atomic mass is 9.66. The van der Waals surface area contributed by atoms with Crippen molar-refractivity contribution < 1.29 is 32.6 Å². The lowest BCUT2D eigenvalue weighted by Crippen LogP contribution is -2.43. The van der Waals surface area contributed by atoms with Gasteiger partial charge in [0.1, 0.15) is 6.61 Å². The zero-order valence-corrected chi connectivity index (χ0v) is 12.7. The van der Waals surface area contributed by atoms with Crippen LogP contribution in [0.2, 0.25) is 0 Å². The molecule has 2 rings (SSSR count). The van der Waals surface area contributed by atoms with E-state index in [1.54, 1.807) is 0 Å². The molecule has 132 valence electrons. The molecular weight excluding hydrogens is 329 g/mol. The van der Waals surface area contributed by atoms with Crippen LogP contribution in [0.5, 0.6) is 5.88 Å². The molecule has 2 N–H and O–H groups in total. The van der Waals surface area contributed by atoms with Crippen LogP contribution in [0.15, 0.2) is 18.3 Å². The summed E-state index contributed by atoms with van der Waals surface area (Å²) in [6, 6.07) is 1.95. The van der Waals surface area contributed by atoms with Crippen LogP contribution in [-0.2, 0) is 15.8 Å². The smallest absolute Gasteiger partial charge is 0.417 e. The van der Waals surface area contributed by atoms with E-state index >= 15 is 0 Å². The summed E-state index contributed by atoms with van der Waals surface area (Å²) in [6.07, 6.45) is -2.10. The predicted molar refractivity (Wildman–Crippen MR) is 76.3 cm³/mol. The van der Waals surface area contributed by atoms with Gasteiger partial charge in [0.05, 0.1) is 17.5 Å². The Morgan fingerprint density at radius 2 is 2.04 bits per heavy atom. The summed E-state index contributed by atoms with van der Waals surface area (Å²) in [5, 5.41) is 11.7. The van der Waals surface area contributed by atoms with E-state index in [1.165, 1.54) is 0 Å². The Morgan fingerprint density at radius 3 is 2.50 bits per heavy atom. The van der Waals surface area contributed by atoms with Crippen LogP contribution >= 0.6 is 0 Å². The number of rotatable bonds is 7. The second kappa shape index (κ2) is 7.06. The summed E-state index contributed by atoms with van der Waals surface area (Å²) in [5.41, 5.74) is -1.83. The molecule has 1 amide bonds. The number of nitrogens with zero attached hydrogens (tertiary/aromatic N) is 1. The molecule has 1 heterocycles. The van der Waals surface area contributed by atoms with E-state index in [-0.39, 0.29) is 31.4 Å². The molecule has 0 atom stereocenters. The van der Waals surface area contributed by atoms with E-state index in [9.17, 15) is 22.8 Å². The number of halogens is 3. The first-order valence-electron chi connectivity index (χ1n) is 7.39. The highest BCUT2D eigenvalue weighted by Gasteiger charge is 2.45. The molecule has 0 saturated heterocycles. The molecule has 1 aromatic rings. The molecule has 1 fully saturated rings. The Balaban J connectivity index is 1.71. The highest BCUT2D eigenvalue weighted by Crippen LogP contribution is 2.44. The van der Waals surface area contributed by atoms with Crippen molar-refractivity contribution >= 4 is 11.9 Å². The minimum atomic E-state index is -4.46. The molecule has 9 heteroatoms. The maximum atomic E-state index is 12.4. The second-order valence-corrected chi connectivity index (χ2v) is 5.70. The van der Waals surface area contributed by atoms with E-state index in [1.807, 2.05) is 0 Å². The first kappa shape index (κ1) is 18.0. The van der Waals surface area contributed by atoms with Gasteiger partial charge < -0.3 is 15.2 Å². The van der Waals surface area contributed by atoms with Crippen molar-refractivity contribution in [3.63, 3.8) is 0 Å². The van der Waals surface area contributed by atoms with Crippen LogP contribution in [-0.4, -0.2) is 35.1 Å². The molecule has 0 spiro atoms. The molecule has 0 radical (unpaired) electrons. The third kappa shape index (κ3) is 4.36. The molecule has 1 saturated carbocycles. The Kier molecular flexibility index (Phi) is 5.30. The third-order valence-corrected chi connectivity index (χ3v) is 4.00. The molecular formula is C15H17F3N2O4. The number of carboxylic acid groups (broad SMARTS) is 1. The van der Waals surface area contributed by atoms with Crippen molar-refractivity contribution in [2.75, 3.05) is 13.2 Å². The fourth-order valence-electron chi connectivity index (χ4n) is 2.42. The number of nitrogens with one attached hydrogen (secondary N) is 1. The van der Waals surface area contributed by atoms with Crippen molar-refractivity contribution in [2.24, 2.45) is 5.41 Å². The van der Waals surface area contributed by atoms with Crippen molar-refractivity contribution in [2.45, 2.75) is 31.9 Å². The van der Waals surface area contributed by atoms with E-state index in [0.29, 0.717) is 19.0 Å². The molecule has 1 aromatic heterocycles. The van der Waals surface area contributed by atoms with Gasteiger partial charge in [-0.15, -0.1) is 0 Å². The van der Waals surface area contributed by atoms with Gasteiger partial charge in [0.2, 0.25) is 11.8 Å². The third-order valence-electron chi connectivity index (χ3n) is 4.00. The zero-order valence-electron chi connectivity index (χ0n) is 12.7. The Labute approximate surface area is 136 Å². The van der Waals surface area contributed by atoms with Crippen LogP contribution in [0.3, 0.4) is 0 Å². The van der Waals surface area contributed by atoms with E-state index in [4.69, 9.17) is 9.84 Å². The monoisotopic (exact) mass is 346 g/mol. The summed E-state index contributed by atoms with van der Waals surface area (Å²) in [5.74, 6) is -1.34. The van der Waals surface area contributed by atoms with Crippen molar-refractivity contribution in [3.05, 3.63) is 23.9 Å². The average molecular weight is 346 g/mol. The lowest BCUT2D eigenvalue weighted by Gasteiger charge is -2.36. The highest BCUT2D eigenvalue weighted by molar-refractivity contribution is 5.85. The number of carboxylic acids is 1. The number of carbonyl (C=O) groups is 2. The minimum Gasteiger partial charge on any atom is -0.481 e. The Bertz CT molecular complexity index is 598. The molecule has 24 heavy (non-hydrogen) atoms. The minimum absolute atomic E-state index is 0.0123. The summed E-state index contributed by atoms with van der Waals surface area (Å²) in [6.45, 7) is 0.126.